The number of aromatic hydroxyl groups is 3. The van der Waals surface area contributed by atoms with Gasteiger partial charge in [-0.15, -0.1) is 0 Å². The summed E-state index contributed by atoms with van der Waals surface area (Å²) >= 11 is 0. The summed E-state index contributed by atoms with van der Waals surface area (Å²) < 4.78 is 4.91. The zero-order valence-corrected chi connectivity index (χ0v) is 12.2. The molecule has 2 atom stereocenters. The number of aliphatic hydroxyl groups excluding tert-OH is 2. The van der Waals surface area contributed by atoms with E-state index in [1.54, 1.807) is 0 Å². The Balaban J connectivity index is 2.34. The molecule has 0 spiro atoms. The Hall–Kier alpha value is -2.77. The van der Waals surface area contributed by atoms with Crippen molar-refractivity contribution in [1.29, 1.82) is 0 Å². The van der Waals surface area contributed by atoms with Crippen LogP contribution in [0, 0.1) is 0 Å². The second kappa shape index (κ2) is 6.55. The van der Waals surface area contributed by atoms with Crippen LogP contribution in [-0.2, 0) is 0 Å². The molecule has 0 amide bonds. The lowest BCUT2D eigenvalue weighted by molar-refractivity contribution is 0.0200. The highest BCUT2D eigenvalue weighted by molar-refractivity contribution is 6.04. The summed E-state index contributed by atoms with van der Waals surface area (Å²) in [7, 11) is 1.23. The molecule has 0 aromatic heterocycles. The standard InChI is InChI=1S/C16H16O7/c1-23-12-7-10(18)6-11(19)13(12)15(21)16(22)14(20)8-2-4-9(17)5-3-8/h2-7,14,16-20,22H,1H3/t14-,16+/m1/s1. The molecule has 5 N–H and O–H groups in total. The molecule has 122 valence electrons. The van der Waals surface area contributed by atoms with Crippen molar-refractivity contribution < 1.29 is 35.1 Å². The zero-order valence-electron chi connectivity index (χ0n) is 12.2. The van der Waals surface area contributed by atoms with Gasteiger partial charge in [0, 0.05) is 12.1 Å². The lowest BCUT2D eigenvalue weighted by Crippen LogP contribution is -2.28. The van der Waals surface area contributed by atoms with E-state index in [-0.39, 0.29) is 28.4 Å². The van der Waals surface area contributed by atoms with Crippen LogP contribution in [0.3, 0.4) is 0 Å². The average molecular weight is 320 g/mol. The van der Waals surface area contributed by atoms with Gasteiger partial charge in [-0.2, -0.15) is 0 Å². The Morgan fingerprint density at radius 1 is 1.00 bits per heavy atom. The van der Waals surface area contributed by atoms with Gasteiger partial charge in [0.25, 0.3) is 0 Å². The number of phenols is 3. The van der Waals surface area contributed by atoms with Crippen LogP contribution in [0.4, 0.5) is 0 Å². The van der Waals surface area contributed by atoms with Crippen molar-refractivity contribution in [3.05, 3.63) is 47.5 Å². The van der Waals surface area contributed by atoms with E-state index in [2.05, 4.69) is 0 Å². The van der Waals surface area contributed by atoms with Crippen molar-refractivity contribution in [2.24, 2.45) is 0 Å². The fraction of sp³-hybridized carbons (Fsp3) is 0.188. The number of aliphatic hydroxyl groups is 2. The van der Waals surface area contributed by atoms with Gasteiger partial charge in [-0.05, 0) is 17.7 Å². The van der Waals surface area contributed by atoms with Gasteiger partial charge in [0.15, 0.2) is 0 Å². The molecule has 0 aliphatic carbocycles. The minimum atomic E-state index is -1.87. The van der Waals surface area contributed by atoms with Crippen LogP contribution in [0.25, 0.3) is 0 Å². The normalized spacial score (nSPS) is 13.3. The number of carbonyl (C=O) groups excluding carboxylic acids is 1. The maximum Gasteiger partial charge on any atom is 0.201 e. The first-order valence-corrected chi connectivity index (χ1v) is 6.64. The minimum Gasteiger partial charge on any atom is -0.508 e. The molecule has 2 rings (SSSR count). The molecule has 23 heavy (non-hydrogen) atoms. The third kappa shape index (κ3) is 3.36. The highest BCUT2D eigenvalue weighted by Gasteiger charge is 2.31. The molecule has 0 aliphatic rings. The minimum absolute atomic E-state index is 0.0281. The molecule has 7 heteroatoms. The number of benzene rings is 2. The van der Waals surface area contributed by atoms with Gasteiger partial charge in [0.05, 0.1) is 7.11 Å². The predicted octanol–water partition coefficient (Wildman–Crippen LogP) is 1.09. The number of hydrogen-bond acceptors (Lipinski definition) is 7. The summed E-state index contributed by atoms with van der Waals surface area (Å²) in [4.78, 5) is 12.4. The van der Waals surface area contributed by atoms with Crippen molar-refractivity contribution in [1.82, 2.24) is 0 Å². The molecular formula is C16H16O7. The highest BCUT2D eigenvalue weighted by Crippen LogP contribution is 2.35. The smallest absolute Gasteiger partial charge is 0.201 e. The fourth-order valence-corrected chi connectivity index (χ4v) is 2.14. The number of phenolic OH excluding ortho intramolecular Hbond substituents is 3. The van der Waals surface area contributed by atoms with Gasteiger partial charge >= 0.3 is 0 Å². The summed E-state index contributed by atoms with van der Waals surface area (Å²) in [6, 6.07) is 7.33. The molecule has 2 aromatic rings. The van der Waals surface area contributed by atoms with E-state index in [9.17, 15) is 30.3 Å². The van der Waals surface area contributed by atoms with Crippen LogP contribution in [0.1, 0.15) is 22.0 Å². The molecule has 2 aromatic carbocycles. The second-order valence-corrected chi connectivity index (χ2v) is 4.89. The Morgan fingerprint density at radius 2 is 1.61 bits per heavy atom. The number of hydrogen-bond donors (Lipinski definition) is 5. The van der Waals surface area contributed by atoms with Crippen LogP contribution in [0.5, 0.6) is 23.0 Å². The van der Waals surface area contributed by atoms with Crippen LogP contribution in [0.2, 0.25) is 0 Å². The fourth-order valence-electron chi connectivity index (χ4n) is 2.14. The number of rotatable bonds is 5. The first kappa shape index (κ1) is 16.6. The number of carbonyl (C=O) groups is 1. The molecular weight excluding hydrogens is 304 g/mol. The van der Waals surface area contributed by atoms with E-state index in [1.165, 1.54) is 31.4 Å². The number of Topliss-reactive ketones (excluding diaryl/α,β-unsaturated/α-hetero) is 1. The van der Waals surface area contributed by atoms with E-state index in [0.29, 0.717) is 0 Å². The van der Waals surface area contributed by atoms with Crippen LogP contribution >= 0.6 is 0 Å². The van der Waals surface area contributed by atoms with Crippen LogP contribution in [0.15, 0.2) is 36.4 Å². The molecule has 0 saturated heterocycles. The topological polar surface area (TPSA) is 127 Å². The summed E-state index contributed by atoms with van der Waals surface area (Å²) in [6.45, 7) is 0. The average Bonchev–Trinajstić information content (AvgIpc) is 2.52. The van der Waals surface area contributed by atoms with Gasteiger partial charge in [-0.25, -0.2) is 0 Å². The third-order valence-corrected chi connectivity index (χ3v) is 3.33. The summed E-state index contributed by atoms with van der Waals surface area (Å²) in [5.41, 5.74) is -0.142. The Bertz CT molecular complexity index is 709. The van der Waals surface area contributed by atoms with Crippen molar-refractivity contribution in [2.75, 3.05) is 7.11 Å². The van der Waals surface area contributed by atoms with E-state index in [4.69, 9.17) is 4.74 Å². The lowest BCUT2D eigenvalue weighted by atomic mass is 9.96. The monoisotopic (exact) mass is 320 g/mol. The van der Waals surface area contributed by atoms with E-state index in [0.717, 1.165) is 12.1 Å². The zero-order chi connectivity index (χ0) is 17.1. The molecule has 0 fully saturated rings. The summed E-state index contributed by atoms with van der Waals surface area (Å²) in [5, 5.41) is 48.6. The molecule has 0 saturated carbocycles. The van der Waals surface area contributed by atoms with E-state index >= 15 is 0 Å². The van der Waals surface area contributed by atoms with Crippen LogP contribution in [-0.4, -0.2) is 44.5 Å². The first-order valence-electron chi connectivity index (χ1n) is 6.64. The summed E-state index contributed by atoms with van der Waals surface area (Å²) in [5.74, 6) is -2.03. The van der Waals surface area contributed by atoms with Gasteiger partial charge < -0.3 is 30.3 Å². The van der Waals surface area contributed by atoms with Gasteiger partial charge in [0.1, 0.15) is 40.8 Å². The van der Waals surface area contributed by atoms with Gasteiger partial charge in [0.2, 0.25) is 5.78 Å². The summed E-state index contributed by atoms with van der Waals surface area (Å²) in [6.07, 6.45) is -3.44. The number of ketones is 1. The van der Waals surface area contributed by atoms with Crippen LogP contribution < -0.4 is 4.74 Å². The van der Waals surface area contributed by atoms with Gasteiger partial charge in [-0.3, -0.25) is 4.79 Å². The molecule has 0 unspecified atom stereocenters. The van der Waals surface area contributed by atoms with Crippen molar-refractivity contribution in [3.8, 4) is 23.0 Å². The van der Waals surface area contributed by atoms with E-state index in [1.807, 2.05) is 0 Å². The SMILES string of the molecule is COc1cc(O)cc(O)c1C(=O)[C@@H](O)[C@H](O)c1ccc(O)cc1. The molecule has 0 aliphatic heterocycles. The highest BCUT2D eigenvalue weighted by atomic mass is 16.5. The largest absolute Gasteiger partial charge is 0.508 e. The van der Waals surface area contributed by atoms with E-state index < -0.39 is 23.7 Å². The van der Waals surface area contributed by atoms with Gasteiger partial charge in [-0.1, -0.05) is 12.1 Å². The number of methoxy groups -OCH3 is 1. The number of ether oxygens (including phenoxy) is 1. The Labute approximate surface area is 131 Å². The van der Waals surface area contributed by atoms with Crippen molar-refractivity contribution in [2.45, 2.75) is 12.2 Å². The van der Waals surface area contributed by atoms with Crippen molar-refractivity contribution >= 4 is 5.78 Å². The predicted molar refractivity (Wildman–Crippen MR) is 79.7 cm³/mol. The molecule has 0 radical (unpaired) electrons. The molecule has 7 nitrogen and oxygen atoms in total. The Kier molecular flexibility index (Phi) is 4.73. The lowest BCUT2D eigenvalue weighted by Gasteiger charge is -2.19. The maximum atomic E-state index is 12.4. The molecule has 0 heterocycles. The second-order valence-electron chi connectivity index (χ2n) is 4.89. The first-order chi connectivity index (χ1) is 10.8. The Morgan fingerprint density at radius 3 is 2.17 bits per heavy atom. The third-order valence-electron chi connectivity index (χ3n) is 3.33. The van der Waals surface area contributed by atoms with Crippen molar-refractivity contribution in [3.63, 3.8) is 0 Å². The molecule has 0 bridgehead atoms. The maximum absolute atomic E-state index is 12.4. The quantitative estimate of drug-likeness (QED) is 0.522.